The molecule has 10 heteroatoms. The van der Waals surface area contributed by atoms with Crippen molar-refractivity contribution in [3.63, 3.8) is 0 Å². The predicted octanol–water partition coefficient (Wildman–Crippen LogP) is 1.98. The Morgan fingerprint density at radius 3 is 2.39 bits per heavy atom. The zero-order chi connectivity index (χ0) is 23.5. The van der Waals surface area contributed by atoms with E-state index in [1.165, 1.54) is 13.2 Å². The normalized spacial score (nSPS) is 31.7. The van der Waals surface area contributed by atoms with E-state index in [0.717, 1.165) is 0 Å². The molecule has 2 aliphatic carbocycles. The molecular formula is C21H29BrO9. The summed E-state index contributed by atoms with van der Waals surface area (Å²) in [5.74, 6) is -2.24. The number of methoxy groups -OCH3 is 1. The molecule has 9 nitrogen and oxygen atoms in total. The number of carboxylic acids is 1. The van der Waals surface area contributed by atoms with E-state index >= 15 is 0 Å². The van der Waals surface area contributed by atoms with Crippen molar-refractivity contribution in [2.24, 2.45) is 17.8 Å². The van der Waals surface area contributed by atoms with Gasteiger partial charge >= 0.3 is 23.9 Å². The Bertz CT molecular complexity index is 754. The number of fused-ring (bicyclic) bond motifs is 1. The lowest BCUT2D eigenvalue weighted by Gasteiger charge is -2.21. The molecular weight excluding hydrogens is 476 g/mol. The van der Waals surface area contributed by atoms with E-state index in [0.29, 0.717) is 12.8 Å². The van der Waals surface area contributed by atoms with Crippen LogP contribution in [-0.4, -0.2) is 63.8 Å². The Hall–Kier alpha value is -1.94. The number of carbonyl (C=O) groups is 4. The molecule has 31 heavy (non-hydrogen) atoms. The van der Waals surface area contributed by atoms with Gasteiger partial charge in [-0.05, 0) is 39.7 Å². The monoisotopic (exact) mass is 504 g/mol. The molecule has 0 spiro atoms. The van der Waals surface area contributed by atoms with Gasteiger partial charge in [0.1, 0.15) is 11.7 Å². The molecule has 0 aromatic carbocycles. The summed E-state index contributed by atoms with van der Waals surface area (Å²) in [6.07, 6.45) is 1.61. The number of alkyl halides is 1. The molecule has 0 radical (unpaired) electrons. The summed E-state index contributed by atoms with van der Waals surface area (Å²) in [5.41, 5.74) is -0.407. The first-order valence-electron chi connectivity index (χ1n) is 10.1. The quantitative estimate of drug-likeness (QED) is 0.334. The molecule has 1 saturated carbocycles. The fourth-order valence-corrected chi connectivity index (χ4v) is 4.96. The fourth-order valence-electron chi connectivity index (χ4n) is 3.99. The van der Waals surface area contributed by atoms with E-state index < -0.39 is 29.6 Å². The van der Waals surface area contributed by atoms with Gasteiger partial charge in [-0.2, -0.15) is 0 Å². The number of ether oxygens (including phenoxy) is 3. The highest BCUT2D eigenvalue weighted by atomic mass is 79.9. The molecule has 0 unspecified atom stereocenters. The molecule has 3 rings (SSSR count). The van der Waals surface area contributed by atoms with Gasteiger partial charge in [-0.3, -0.25) is 14.4 Å². The number of aliphatic carboxylic acids is 1. The van der Waals surface area contributed by atoms with Gasteiger partial charge in [0.15, 0.2) is 0 Å². The third kappa shape index (κ3) is 6.77. The number of carbonyl (C=O) groups excluding carboxylic acids is 3. The number of aliphatic hydroxyl groups excluding tert-OH is 1. The number of halogens is 1. The molecule has 0 bridgehead atoms. The van der Waals surface area contributed by atoms with E-state index in [9.17, 15) is 24.3 Å². The molecule has 2 N–H and O–H groups in total. The molecule has 0 aromatic rings. The minimum atomic E-state index is -1.05. The van der Waals surface area contributed by atoms with Crippen LogP contribution in [0.4, 0.5) is 0 Å². The number of hydrogen-bond donors (Lipinski definition) is 2. The molecule has 0 aromatic heterocycles. The van der Waals surface area contributed by atoms with E-state index in [1.807, 2.05) is 0 Å². The van der Waals surface area contributed by atoms with E-state index in [4.69, 9.17) is 14.6 Å². The second kappa shape index (κ2) is 10.1. The largest absolute Gasteiger partial charge is 0.478 e. The average molecular weight is 505 g/mol. The molecule has 0 amide bonds. The van der Waals surface area contributed by atoms with Crippen LogP contribution in [0, 0.1) is 17.8 Å². The standard InChI is InChI=1S/C12H18O5.C9H11BrO4/c1-12(2,3)17-10(14)6-7-4-8(11(15)16)5-9(7)13;1-13-9(12)5-2-4-3-6(11)14-8(4)7(5)10/h5,7,9,13H,4,6H2,1-3H3,(H,15,16);4-5,7-8H,2-3H2,1H3/t7-,9-;4-,5-,7+,8+/m11/s1. The lowest BCUT2D eigenvalue weighted by atomic mass is 9.99. The molecule has 1 heterocycles. The average Bonchev–Trinajstić information content (AvgIpc) is 3.28. The summed E-state index contributed by atoms with van der Waals surface area (Å²) in [5, 5.41) is 18.4. The predicted molar refractivity (Wildman–Crippen MR) is 111 cm³/mol. The number of aliphatic hydroxyl groups is 1. The Kier molecular flexibility index (Phi) is 8.27. The third-order valence-corrected chi connectivity index (χ3v) is 6.54. The third-order valence-electron chi connectivity index (χ3n) is 5.38. The van der Waals surface area contributed by atoms with Gasteiger partial charge in [0.25, 0.3) is 0 Å². The number of carboxylic acid groups (broad SMARTS) is 1. The SMILES string of the molecule is CC(C)(C)OC(=O)C[C@H]1CC(C(=O)O)=C[C@H]1O.COC(=O)[C@@H]1C[C@@H]2CC(=O)O[C@@H]2[C@H]1Br. The van der Waals surface area contributed by atoms with Crippen LogP contribution in [0.1, 0.15) is 46.5 Å². The van der Waals surface area contributed by atoms with Crippen LogP contribution >= 0.6 is 15.9 Å². The van der Waals surface area contributed by atoms with Crippen LogP contribution in [0.3, 0.4) is 0 Å². The second-order valence-corrected chi connectivity index (χ2v) is 10.0. The number of hydrogen-bond acceptors (Lipinski definition) is 8. The van der Waals surface area contributed by atoms with E-state index in [2.05, 4.69) is 20.7 Å². The highest BCUT2D eigenvalue weighted by molar-refractivity contribution is 9.09. The van der Waals surface area contributed by atoms with Crippen LogP contribution in [0.25, 0.3) is 0 Å². The molecule has 174 valence electrons. The maximum Gasteiger partial charge on any atom is 0.331 e. The molecule has 6 atom stereocenters. The zero-order valence-corrected chi connectivity index (χ0v) is 19.6. The van der Waals surface area contributed by atoms with Crippen molar-refractivity contribution in [2.45, 2.75) is 69.1 Å². The first-order chi connectivity index (χ1) is 14.3. The van der Waals surface area contributed by atoms with Gasteiger partial charge in [-0.1, -0.05) is 15.9 Å². The van der Waals surface area contributed by atoms with E-state index in [1.54, 1.807) is 20.8 Å². The fraction of sp³-hybridized carbons (Fsp3) is 0.714. The van der Waals surface area contributed by atoms with Crippen molar-refractivity contribution in [3.8, 4) is 0 Å². The highest BCUT2D eigenvalue weighted by Gasteiger charge is 2.52. The topological polar surface area (TPSA) is 136 Å². The summed E-state index contributed by atoms with van der Waals surface area (Å²) < 4.78 is 14.9. The summed E-state index contributed by atoms with van der Waals surface area (Å²) in [7, 11) is 1.38. The van der Waals surface area contributed by atoms with Crippen molar-refractivity contribution in [3.05, 3.63) is 11.6 Å². The van der Waals surface area contributed by atoms with Gasteiger partial charge in [0.05, 0.1) is 36.8 Å². The Morgan fingerprint density at radius 2 is 1.90 bits per heavy atom. The molecule has 2 fully saturated rings. The first-order valence-corrected chi connectivity index (χ1v) is 11.0. The van der Waals surface area contributed by atoms with Gasteiger partial charge in [-0.15, -0.1) is 0 Å². The van der Waals surface area contributed by atoms with Gasteiger partial charge in [0.2, 0.25) is 0 Å². The van der Waals surface area contributed by atoms with Crippen molar-refractivity contribution in [2.75, 3.05) is 7.11 Å². The molecule has 3 aliphatic rings. The minimum absolute atomic E-state index is 0.0334. The Morgan fingerprint density at radius 1 is 1.26 bits per heavy atom. The van der Waals surface area contributed by atoms with Gasteiger partial charge in [0, 0.05) is 17.4 Å². The van der Waals surface area contributed by atoms with Crippen LogP contribution < -0.4 is 0 Å². The zero-order valence-electron chi connectivity index (χ0n) is 18.0. The highest BCUT2D eigenvalue weighted by Crippen LogP contribution is 2.44. The van der Waals surface area contributed by atoms with E-state index in [-0.39, 0.29) is 53.1 Å². The van der Waals surface area contributed by atoms with Gasteiger partial charge < -0.3 is 24.4 Å². The summed E-state index contributed by atoms with van der Waals surface area (Å²) in [6.45, 7) is 5.28. The van der Waals surface area contributed by atoms with Crippen molar-refractivity contribution >= 4 is 39.8 Å². The Balaban J connectivity index is 0.000000224. The number of rotatable bonds is 4. The lowest BCUT2D eigenvalue weighted by Crippen LogP contribution is -2.27. The summed E-state index contributed by atoms with van der Waals surface area (Å²) >= 11 is 3.40. The van der Waals surface area contributed by atoms with Crippen molar-refractivity contribution < 1.29 is 43.6 Å². The smallest absolute Gasteiger partial charge is 0.331 e. The van der Waals surface area contributed by atoms with Crippen molar-refractivity contribution in [1.29, 1.82) is 0 Å². The molecule has 1 saturated heterocycles. The molecule has 1 aliphatic heterocycles. The van der Waals surface area contributed by atoms with Crippen LogP contribution in [0.15, 0.2) is 11.6 Å². The maximum absolute atomic E-state index is 11.5. The first kappa shape index (κ1) is 25.3. The second-order valence-electron chi connectivity index (χ2n) is 8.97. The minimum Gasteiger partial charge on any atom is -0.478 e. The summed E-state index contributed by atoms with van der Waals surface area (Å²) in [4.78, 5) is 44.5. The van der Waals surface area contributed by atoms with Crippen LogP contribution in [0.5, 0.6) is 0 Å². The van der Waals surface area contributed by atoms with Gasteiger partial charge in [-0.25, -0.2) is 4.79 Å². The summed E-state index contributed by atoms with van der Waals surface area (Å²) in [6, 6.07) is 0. The Labute approximate surface area is 189 Å². The number of esters is 3. The maximum atomic E-state index is 11.5. The van der Waals surface area contributed by atoms with Crippen LogP contribution in [0.2, 0.25) is 0 Å². The van der Waals surface area contributed by atoms with Crippen molar-refractivity contribution in [1.82, 2.24) is 0 Å². The lowest BCUT2D eigenvalue weighted by molar-refractivity contribution is -0.156. The van der Waals surface area contributed by atoms with Crippen LogP contribution in [-0.2, 0) is 33.4 Å².